The molecule has 0 radical (unpaired) electrons. The predicted molar refractivity (Wildman–Crippen MR) is 79.1 cm³/mol. The second-order valence-electron chi connectivity index (χ2n) is 8.14. The Balaban J connectivity index is 1.26. The lowest BCUT2D eigenvalue weighted by Gasteiger charge is -2.57. The van der Waals surface area contributed by atoms with E-state index in [4.69, 9.17) is 0 Å². The molecule has 5 aliphatic rings. The summed E-state index contributed by atoms with van der Waals surface area (Å²) in [6.07, 6.45) is 12.2. The summed E-state index contributed by atoms with van der Waals surface area (Å²) in [6.45, 7) is 6.52. The SMILES string of the molecule is C1CCN(CCNCC23CC4CC(CC(C4)C2)C3)C1. The number of hydrogen-bond donors (Lipinski definition) is 1. The molecular formula is C17H30N2. The fourth-order valence-electron chi connectivity index (χ4n) is 6.10. The number of likely N-dealkylation sites (tertiary alicyclic amines) is 1. The van der Waals surface area contributed by atoms with Gasteiger partial charge in [0.2, 0.25) is 0 Å². The molecule has 1 heterocycles. The molecule has 0 aromatic rings. The van der Waals surface area contributed by atoms with Gasteiger partial charge in [0.25, 0.3) is 0 Å². The van der Waals surface area contributed by atoms with Crippen molar-refractivity contribution in [3.8, 4) is 0 Å². The van der Waals surface area contributed by atoms with Gasteiger partial charge in [0.05, 0.1) is 0 Å². The van der Waals surface area contributed by atoms with Crippen molar-refractivity contribution in [2.75, 3.05) is 32.7 Å². The third kappa shape index (κ3) is 2.58. The van der Waals surface area contributed by atoms with Crippen LogP contribution in [0.25, 0.3) is 0 Å². The Bertz CT molecular complexity index is 284. The van der Waals surface area contributed by atoms with Crippen molar-refractivity contribution in [1.82, 2.24) is 10.2 Å². The van der Waals surface area contributed by atoms with Gasteiger partial charge in [-0.2, -0.15) is 0 Å². The minimum absolute atomic E-state index is 0.722. The molecule has 0 aromatic carbocycles. The van der Waals surface area contributed by atoms with Gasteiger partial charge in [-0.05, 0) is 87.6 Å². The van der Waals surface area contributed by atoms with Crippen LogP contribution in [0, 0.1) is 23.2 Å². The molecule has 0 atom stereocenters. The first kappa shape index (κ1) is 12.6. The minimum atomic E-state index is 0.722. The minimum Gasteiger partial charge on any atom is -0.315 e. The van der Waals surface area contributed by atoms with Crippen molar-refractivity contribution < 1.29 is 0 Å². The van der Waals surface area contributed by atoms with E-state index in [1.54, 1.807) is 38.5 Å². The van der Waals surface area contributed by atoms with E-state index in [2.05, 4.69) is 10.2 Å². The third-order valence-electron chi connectivity index (χ3n) is 6.47. The molecule has 0 spiro atoms. The van der Waals surface area contributed by atoms with Crippen LogP contribution in [0.5, 0.6) is 0 Å². The van der Waals surface area contributed by atoms with E-state index in [9.17, 15) is 0 Å². The molecule has 108 valence electrons. The second-order valence-corrected chi connectivity index (χ2v) is 8.14. The second kappa shape index (κ2) is 5.04. The molecule has 4 aliphatic carbocycles. The molecule has 19 heavy (non-hydrogen) atoms. The summed E-state index contributed by atoms with van der Waals surface area (Å²) in [5.41, 5.74) is 0.722. The van der Waals surface area contributed by atoms with Crippen LogP contribution in [0.2, 0.25) is 0 Å². The van der Waals surface area contributed by atoms with E-state index in [1.807, 2.05) is 0 Å². The first-order valence-corrected chi connectivity index (χ1v) is 8.74. The lowest BCUT2D eigenvalue weighted by Crippen LogP contribution is -2.51. The van der Waals surface area contributed by atoms with Gasteiger partial charge in [-0.25, -0.2) is 0 Å². The van der Waals surface area contributed by atoms with Crippen molar-refractivity contribution >= 4 is 0 Å². The topological polar surface area (TPSA) is 15.3 Å². The molecule has 0 unspecified atom stereocenters. The van der Waals surface area contributed by atoms with Crippen LogP contribution < -0.4 is 5.32 Å². The van der Waals surface area contributed by atoms with Crippen LogP contribution in [-0.2, 0) is 0 Å². The van der Waals surface area contributed by atoms with Crippen LogP contribution in [0.15, 0.2) is 0 Å². The highest BCUT2D eigenvalue weighted by molar-refractivity contribution is 5.02. The van der Waals surface area contributed by atoms with Crippen LogP contribution in [0.1, 0.15) is 51.4 Å². The van der Waals surface area contributed by atoms with Gasteiger partial charge in [0, 0.05) is 19.6 Å². The Morgan fingerprint density at radius 2 is 1.47 bits per heavy atom. The van der Waals surface area contributed by atoms with Gasteiger partial charge in [0.1, 0.15) is 0 Å². The molecule has 2 nitrogen and oxygen atoms in total. The smallest absolute Gasteiger partial charge is 0.0107 e. The van der Waals surface area contributed by atoms with E-state index in [0.717, 1.165) is 23.2 Å². The summed E-state index contributed by atoms with van der Waals surface area (Å²) in [5, 5.41) is 3.83. The average Bonchev–Trinajstić information content (AvgIpc) is 2.86. The average molecular weight is 262 g/mol. The zero-order chi connectivity index (χ0) is 12.7. The van der Waals surface area contributed by atoms with Gasteiger partial charge < -0.3 is 10.2 Å². The summed E-state index contributed by atoms with van der Waals surface area (Å²) >= 11 is 0. The molecule has 4 saturated carbocycles. The van der Waals surface area contributed by atoms with Crippen molar-refractivity contribution in [1.29, 1.82) is 0 Å². The van der Waals surface area contributed by atoms with E-state index in [-0.39, 0.29) is 0 Å². The summed E-state index contributed by atoms with van der Waals surface area (Å²) in [7, 11) is 0. The largest absolute Gasteiger partial charge is 0.315 e. The Kier molecular flexibility index (Phi) is 3.35. The highest BCUT2D eigenvalue weighted by atomic mass is 15.1. The van der Waals surface area contributed by atoms with Crippen LogP contribution in [0.4, 0.5) is 0 Å². The Labute approximate surface area is 118 Å². The van der Waals surface area contributed by atoms with Gasteiger partial charge in [-0.1, -0.05) is 0 Å². The molecule has 4 bridgehead atoms. The molecule has 5 fully saturated rings. The fraction of sp³-hybridized carbons (Fsp3) is 1.00. The van der Waals surface area contributed by atoms with E-state index in [1.165, 1.54) is 45.6 Å². The molecule has 1 N–H and O–H groups in total. The molecule has 1 aliphatic heterocycles. The summed E-state index contributed by atoms with van der Waals surface area (Å²) in [5.74, 6) is 3.31. The Hall–Kier alpha value is -0.0800. The normalized spacial score (nSPS) is 45.2. The lowest BCUT2D eigenvalue weighted by atomic mass is 9.49. The van der Waals surface area contributed by atoms with Gasteiger partial charge in [-0.3, -0.25) is 0 Å². The lowest BCUT2D eigenvalue weighted by molar-refractivity contribution is -0.0513. The van der Waals surface area contributed by atoms with Crippen LogP contribution >= 0.6 is 0 Å². The van der Waals surface area contributed by atoms with E-state index in [0.29, 0.717) is 0 Å². The van der Waals surface area contributed by atoms with Crippen molar-refractivity contribution in [3.63, 3.8) is 0 Å². The van der Waals surface area contributed by atoms with Gasteiger partial charge in [-0.15, -0.1) is 0 Å². The van der Waals surface area contributed by atoms with E-state index >= 15 is 0 Å². The standard InChI is InChI=1S/C17H30N2/c1-2-5-19(4-1)6-3-18-13-17-10-14-7-15(11-17)9-16(8-14)12-17/h14-16,18H,1-13H2. The van der Waals surface area contributed by atoms with Crippen LogP contribution in [-0.4, -0.2) is 37.6 Å². The summed E-state index contributed by atoms with van der Waals surface area (Å²) in [6, 6.07) is 0. The quantitative estimate of drug-likeness (QED) is 0.767. The maximum absolute atomic E-state index is 3.83. The number of hydrogen-bond acceptors (Lipinski definition) is 2. The van der Waals surface area contributed by atoms with Crippen LogP contribution in [0.3, 0.4) is 0 Å². The van der Waals surface area contributed by atoms with Gasteiger partial charge >= 0.3 is 0 Å². The molecule has 5 rings (SSSR count). The number of nitrogens with one attached hydrogen (secondary N) is 1. The molecule has 0 amide bonds. The third-order valence-corrected chi connectivity index (χ3v) is 6.47. The summed E-state index contributed by atoms with van der Waals surface area (Å²) < 4.78 is 0. The first-order valence-electron chi connectivity index (χ1n) is 8.74. The van der Waals surface area contributed by atoms with Gasteiger partial charge in [0.15, 0.2) is 0 Å². The molecule has 1 saturated heterocycles. The molecular weight excluding hydrogens is 232 g/mol. The fourth-order valence-corrected chi connectivity index (χ4v) is 6.10. The monoisotopic (exact) mass is 262 g/mol. The van der Waals surface area contributed by atoms with Crippen molar-refractivity contribution in [2.24, 2.45) is 23.2 Å². The molecule has 0 aromatic heterocycles. The predicted octanol–water partition coefficient (Wildman–Crippen LogP) is 2.89. The Morgan fingerprint density at radius 1 is 0.895 bits per heavy atom. The highest BCUT2D eigenvalue weighted by Crippen LogP contribution is 2.59. The maximum atomic E-state index is 3.83. The van der Waals surface area contributed by atoms with E-state index < -0.39 is 0 Å². The first-order chi connectivity index (χ1) is 9.31. The maximum Gasteiger partial charge on any atom is 0.0107 e. The van der Waals surface area contributed by atoms with Crippen molar-refractivity contribution in [2.45, 2.75) is 51.4 Å². The zero-order valence-corrected chi connectivity index (χ0v) is 12.4. The van der Waals surface area contributed by atoms with Crippen molar-refractivity contribution in [3.05, 3.63) is 0 Å². The zero-order valence-electron chi connectivity index (χ0n) is 12.4. The number of nitrogens with zero attached hydrogens (tertiary/aromatic N) is 1. The summed E-state index contributed by atoms with van der Waals surface area (Å²) in [4.78, 5) is 2.63. The highest BCUT2D eigenvalue weighted by Gasteiger charge is 2.50. The molecule has 2 heteroatoms. The number of rotatable bonds is 5. The Morgan fingerprint density at radius 3 is 2.05 bits per heavy atom.